The molecule has 0 aliphatic heterocycles. The van der Waals surface area contributed by atoms with Crippen molar-refractivity contribution in [3.63, 3.8) is 0 Å². The number of azo groups is 1. The predicted molar refractivity (Wildman–Crippen MR) is 104 cm³/mol. The van der Waals surface area contributed by atoms with E-state index in [0.717, 1.165) is 11.8 Å². The number of halogens is 2. The van der Waals surface area contributed by atoms with Gasteiger partial charge in [-0.05, 0) is 31.2 Å². The maximum atomic E-state index is 11.3. The summed E-state index contributed by atoms with van der Waals surface area (Å²) in [5.74, 6) is 0.277. The summed E-state index contributed by atoms with van der Waals surface area (Å²) >= 11 is 11.9. The molecular formula is C16H14Cl2N5NaO3S. The number of hydrogen-bond acceptors (Lipinski definition) is 6. The normalized spacial score (nSPS) is 11.6. The minimum Gasteiger partial charge on any atom is -1.00 e. The van der Waals surface area contributed by atoms with Crippen LogP contribution in [-0.4, -0.2) is 22.8 Å². The van der Waals surface area contributed by atoms with E-state index in [1.807, 2.05) is 30.3 Å². The van der Waals surface area contributed by atoms with E-state index in [1.165, 1.54) is 10.7 Å². The van der Waals surface area contributed by atoms with Crippen molar-refractivity contribution in [3.05, 3.63) is 58.2 Å². The van der Waals surface area contributed by atoms with Crippen molar-refractivity contribution in [2.75, 3.05) is 5.73 Å². The van der Waals surface area contributed by atoms with E-state index in [1.54, 1.807) is 6.92 Å². The van der Waals surface area contributed by atoms with Gasteiger partial charge in [0.1, 0.15) is 10.6 Å². The molecule has 12 heteroatoms. The van der Waals surface area contributed by atoms with E-state index >= 15 is 0 Å². The standard InChI is InChI=1S/C16H13Cl2N5O3S.Na.H/c1-9-15(16(19)23(22-9)10-5-3-2-4-6-10)21-20-13-7-12(18)14(8-11(13)17)27(24,25)26;;/h2-8H,19H2,1H3,(H,24,25,26);;/q;+1;-1. The van der Waals surface area contributed by atoms with Crippen LogP contribution < -0.4 is 35.3 Å². The Hall–Kier alpha value is -1.46. The number of anilines is 1. The monoisotopic (exact) mass is 449 g/mol. The summed E-state index contributed by atoms with van der Waals surface area (Å²) in [6, 6.07) is 11.4. The van der Waals surface area contributed by atoms with Crippen molar-refractivity contribution >= 4 is 50.5 Å². The Bertz CT molecular complexity index is 1160. The van der Waals surface area contributed by atoms with Gasteiger partial charge in [0, 0.05) is 0 Å². The van der Waals surface area contributed by atoms with Crippen LogP contribution in [0.15, 0.2) is 57.6 Å². The molecule has 0 atom stereocenters. The van der Waals surface area contributed by atoms with E-state index < -0.39 is 15.0 Å². The van der Waals surface area contributed by atoms with Crippen LogP contribution in [0.2, 0.25) is 10.0 Å². The summed E-state index contributed by atoms with van der Waals surface area (Å²) in [7, 11) is -4.50. The van der Waals surface area contributed by atoms with Gasteiger partial charge in [-0.3, -0.25) is 4.55 Å². The van der Waals surface area contributed by atoms with Gasteiger partial charge in [0.25, 0.3) is 10.1 Å². The van der Waals surface area contributed by atoms with Crippen LogP contribution in [0.5, 0.6) is 0 Å². The average Bonchev–Trinajstić information content (AvgIpc) is 2.89. The second kappa shape index (κ2) is 8.91. The predicted octanol–water partition coefficient (Wildman–Crippen LogP) is 1.85. The topological polar surface area (TPSA) is 123 Å². The molecule has 0 saturated heterocycles. The Morgan fingerprint density at radius 3 is 2.39 bits per heavy atom. The molecular weight excluding hydrogens is 436 g/mol. The molecule has 0 radical (unpaired) electrons. The van der Waals surface area contributed by atoms with Crippen LogP contribution >= 0.6 is 23.2 Å². The molecule has 0 aliphatic rings. The molecule has 0 bridgehead atoms. The third-order valence-electron chi connectivity index (χ3n) is 3.60. The van der Waals surface area contributed by atoms with Gasteiger partial charge < -0.3 is 7.16 Å². The fourth-order valence-corrected chi connectivity index (χ4v) is 3.61. The Labute approximate surface area is 194 Å². The van der Waals surface area contributed by atoms with Gasteiger partial charge in [-0.1, -0.05) is 41.4 Å². The minimum absolute atomic E-state index is 0. The van der Waals surface area contributed by atoms with E-state index in [2.05, 4.69) is 15.3 Å². The maximum Gasteiger partial charge on any atom is 1.00 e. The number of para-hydroxylation sites is 1. The number of hydrogen-bond donors (Lipinski definition) is 2. The molecule has 2 aromatic carbocycles. The first kappa shape index (κ1) is 22.8. The van der Waals surface area contributed by atoms with Gasteiger partial charge >= 0.3 is 29.6 Å². The van der Waals surface area contributed by atoms with Crippen LogP contribution in [0.4, 0.5) is 17.2 Å². The van der Waals surface area contributed by atoms with Crippen LogP contribution in [-0.2, 0) is 10.1 Å². The summed E-state index contributed by atoms with van der Waals surface area (Å²) in [5.41, 5.74) is 7.88. The molecule has 28 heavy (non-hydrogen) atoms. The van der Waals surface area contributed by atoms with Crippen molar-refractivity contribution in [2.24, 2.45) is 10.2 Å². The van der Waals surface area contributed by atoms with Crippen LogP contribution in [0, 0.1) is 6.92 Å². The summed E-state index contributed by atoms with van der Waals surface area (Å²) in [6.45, 7) is 1.72. The van der Waals surface area contributed by atoms with Gasteiger partial charge in [-0.25, -0.2) is 4.68 Å². The zero-order chi connectivity index (χ0) is 19.8. The molecule has 1 heterocycles. The molecule has 3 rings (SSSR count). The molecule has 142 valence electrons. The Morgan fingerprint density at radius 2 is 1.79 bits per heavy atom. The molecule has 0 amide bonds. The Balaban J connectivity index is 0.00000210. The van der Waals surface area contributed by atoms with Gasteiger partial charge in [0.2, 0.25) is 0 Å². The quantitative estimate of drug-likeness (QED) is 0.357. The number of benzene rings is 2. The van der Waals surface area contributed by atoms with E-state index in [-0.39, 0.29) is 52.5 Å². The van der Waals surface area contributed by atoms with Crippen LogP contribution in [0.1, 0.15) is 7.12 Å². The number of aryl methyl sites for hydroxylation is 1. The SMILES string of the molecule is Cc1nn(-c2ccccc2)c(N)c1N=Nc1cc(Cl)c(S(=O)(=O)O)cc1Cl.[H-].[Na+]. The minimum atomic E-state index is -4.50. The van der Waals surface area contributed by atoms with Crippen molar-refractivity contribution in [2.45, 2.75) is 11.8 Å². The fraction of sp³-hybridized carbons (Fsp3) is 0.0625. The molecule has 1 aromatic heterocycles. The largest absolute Gasteiger partial charge is 1.00 e. The third kappa shape index (κ3) is 4.74. The first-order chi connectivity index (χ1) is 12.7. The number of nitrogens with zero attached hydrogens (tertiary/aromatic N) is 4. The molecule has 0 spiro atoms. The Kier molecular flexibility index (Phi) is 7.27. The zero-order valence-corrected chi connectivity index (χ0v) is 19.2. The summed E-state index contributed by atoms with van der Waals surface area (Å²) in [6.07, 6.45) is 0. The first-order valence-electron chi connectivity index (χ1n) is 7.47. The van der Waals surface area contributed by atoms with Crippen molar-refractivity contribution in [3.8, 4) is 5.69 Å². The average molecular weight is 450 g/mol. The number of nitrogen functional groups attached to an aromatic ring is 1. The second-order valence-electron chi connectivity index (χ2n) is 5.48. The molecule has 0 fully saturated rings. The molecule has 3 aromatic rings. The maximum absolute atomic E-state index is 11.3. The smallest absolute Gasteiger partial charge is 1.00 e. The van der Waals surface area contributed by atoms with Gasteiger partial charge in [0.15, 0.2) is 11.5 Å². The molecule has 8 nitrogen and oxygen atoms in total. The van der Waals surface area contributed by atoms with Gasteiger partial charge in [0.05, 0.1) is 21.4 Å². The van der Waals surface area contributed by atoms with E-state index in [4.69, 9.17) is 33.5 Å². The second-order valence-corrected chi connectivity index (χ2v) is 7.68. The first-order valence-corrected chi connectivity index (χ1v) is 9.67. The Morgan fingerprint density at radius 1 is 1.14 bits per heavy atom. The number of nitrogens with two attached hydrogens (primary N) is 1. The van der Waals surface area contributed by atoms with Crippen LogP contribution in [0.25, 0.3) is 5.69 Å². The third-order valence-corrected chi connectivity index (χ3v) is 5.22. The molecule has 0 aliphatic carbocycles. The zero-order valence-electron chi connectivity index (χ0n) is 15.8. The van der Waals surface area contributed by atoms with E-state index in [9.17, 15) is 8.42 Å². The summed E-state index contributed by atoms with van der Waals surface area (Å²) in [5, 5.41) is 12.1. The number of aromatic nitrogens is 2. The number of rotatable bonds is 4. The summed E-state index contributed by atoms with van der Waals surface area (Å²) in [4.78, 5) is -0.513. The van der Waals surface area contributed by atoms with Gasteiger partial charge in [-0.15, -0.1) is 10.2 Å². The fourth-order valence-electron chi connectivity index (χ4n) is 2.32. The van der Waals surface area contributed by atoms with Crippen molar-refractivity contribution in [1.29, 1.82) is 0 Å². The van der Waals surface area contributed by atoms with Crippen molar-refractivity contribution < 1.29 is 44.0 Å². The molecule has 3 N–H and O–H groups in total. The summed E-state index contributed by atoms with van der Waals surface area (Å²) < 4.78 is 33.2. The molecule has 0 unspecified atom stereocenters. The van der Waals surface area contributed by atoms with E-state index in [0.29, 0.717) is 11.4 Å². The van der Waals surface area contributed by atoms with Crippen molar-refractivity contribution in [1.82, 2.24) is 9.78 Å². The van der Waals surface area contributed by atoms with Crippen LogP contribution in [0.3, 0.4) is 0 Å². The molecule has 0 saturated carbocycles. The van der Waals surface area contributed by atoms with Gasteiger partial charge in [-0.2, -0.15) is 13.5 Å².